The number of thioether (sulfide) groups is 1. The molecule has 24 heavy (non-hydrogen) atoms. The summed E-state index contributed by atoms with van der Waals surface area (Å²) in [6, 6.07) is 12.3. The highest BCUT2D eigenvalue weighted by Crippen LogP contribution is 2.36. The Bertz CT molecular complexity index is 860. The molecule has 0 bridgehead atoms. The van der Waals surface area contributed by atoms with Crippen molar-refractivity contribution in [1.82, 2.24) is 9.97 Å². The van der Waals surface area contributed by atoms with Crippen LogP contribution in [0.3, 0.4) is 0 Å². The number of esters is 1. The largest absolute Gasteiger partial charge is 0.462 e. The molecule has 0 atom stereocenters. The van der Waals surface area contributed by atoms with Crippen LogP contribution in [0, 0.1) is 6.92 Å². The van der Waals surface area contributed by atoms with Crippen LogP contribution in [-0.4, -0.2) is 27.8 Å². The first-order valence-corrected chi connectivity index (χ1v) is 9.49. The summed E-state index contributed by atoms with van der Waals surface area (Å²) in [4.78, 5) is 22.9. The molecule has 4 nitrogen and oxygen atoms in total. The van der Waals surface area contributed by atoms with Crippen LogP contribution >= 0.6 is 23.1 Å². The van der Waals surface area contributed by atoms with Gasteiger partial charge in [-0.15, -0.1) is 11.3 Å². The second-order valence-corrected chi connectivity index (χ2v) is 7.59. The highest BCUT2D eigenvalue weighted by Gasteiger charge is 2.14. The molecular weight excluding hydrogens is 340 g/mol. The normalized spacial score (nSPS) is 11.2. The van der Waals surface area contributed by atoms with Gasteiger partial charge in [-0.25, -0.2) is 9.97 Å². The van der Waals surface area contributed by atoms with Crippen molar-refractivity contribution < 1.29 is 9.53 Å². The van der Waals surface area contributed by atoms with Crippen molar-refractivity contribution in [2.75, 3.05) is 5.75 Å². The Hall–Kier alpha value is -1.92. The standard InChI is InChI=1S/C18H18N2O2S2/c1-11(2)22-16(21)10-23-17-14-9-15(13-7-5-4-6-8-13)24-18(14)20-12(3)19-17/h4-9,11H,10H2,1-3H3. The summed E-state index contributed by atoms with van der Waals surface area (Å²) in [5.74, 6) is 0.738. The maximum absolute atomic E-state index is 11.8. The van der Waals surface area contributed by atoms with E-state index in [-0.39, 0.29) is 17.8 Å². The number of aromatic nitrogens is 2. The monoisotopic (exact) mass is 358 g/mol. The van der Waals surface area contributed by atoms with Crippen LogP contribution in [0.4, 0.5) is 0 Å². The van der Waals surface area contributed by atoms with Gasteiger partial charge in [0.1, 0.15) is 15.7 Å². The number of aryl methyl sites for hydroxylation is 1. The Kier molecular flexibility index (Phi) is 5.16. The molecule has 2 aromatic heterocycles. The Morgan fingerprint density at radius 2 is 2.00 bits per heavy atom. The molecule has 0 fully saturated rings. The molecule has 0 aliphatic carbocycles. The third-order valence-corrected chi connectivity index (χ3v) is 5.26. The summed E-state index contributed by atoms with van der Waals surface area (Å²) in [5.41, 5.74) is 1.16. The van der Waals surface area contributed by atoms with E-state index in [2.05, 4.69) is 28.2 Å². The number of rotatable bonds is 5. The topological polar surface area (TPSA) is 52.1 Å². The molecule has 0 N–H and O–H groups in total. The molecule has 0 aliphatic heterocycles. The summed E-state index contributed by atoms with van der Waals surface area (Å²) in [6.45, 7) is 5.57. The number of hydrogen-bond acceptors (Lipinski definition) is 6. The number of fused-ring (bicyclic) bond motifs is 1. The smallest absolute Gasteiger partial charge is 0.316 e. The molecule has 6 heteroatoms. The van der Waals surface area contributed by atoms with Crippen LogP contribution in [0.25, 0.3) is 20.7 Å². The van der Waals surface area contributed by atoms with Gasteiger partial charge in [-0.05, 0) is 32.4 Å². The molecule has 0 amide bonds. The lowest BCUT2D eigenvalue weighted by Gasteiger charge is -2.07. The van der Waals surface area contributed by atoms with Crippen LogP contribution in [0.1, 0.15) is 19.7 Å². The number of hydrogen-bond donors (Lipinski definition) is 0. The summed E-state index contributed by atoms with van der Waals surface area (Å²) >= 11 is 3.05. The predicted molar refractivity (Wildman–Crippen MR) is 99.5 cm³/mol. The fourth-order valence-corrected chi connectivity index (χ4v) is 4.25. The van der Waals surface area contributed by atoms with E-state index in [1.165, 1.54) is 11.8 Å². The van der Waals surface area contributed by atoms with Gasteiger partial charge in [0.15, 0.2) is 0 Å². The fraction of sp³-hybridized carbons (Fsp3) is 0.278. The second kappa shape index (κ2) is 7.32. The number of carbonyl (C=O) groups is 1. The van der Waals surface area contributed by atoms with Crippen molar-refractivity contribution in [3.05, 3.63) is 42.2 Å². The summed E-state index contributed by atoms with van der Waals surface area (Å²) in [6.07, 6.45) is -0.101. The third-order valence-electron chi connectivity index (χ3n) is 3.22. The lowest BCUT2D eigenvalue weighted by Crippen LogP contribution is -2.13. The molecule has 2 heterocycles. The molecule has 0 radical (unpaired) electrons. The molecule has 3 rings (SSSR count). The van der Waals surface area contributed by atoms with E-state index in [0.717, 1.165) is 25.7 Å². The van der Waals surface area contributed by atoms with Gasteiger partial charge in [0.2, 0.25) is 0 Å². The zero-order chi connectivity index (χ0) is 17.1. The Morgan fingerprint density at radius 3 is 2.71 bits per heavy atom. The average Bonchev–Trinajstić information content (AvgIpc) is 2.96. The van der Waals surface area contributed by atoms with Crippen molar-refractivity contribution in [2.24, 2.45) is 0 Å². The summed E-state index contributed by atoms with van der Waals surface area (Å²) in [7, 11) is 0. The van der Waals surface area contributed by atoms with Crippen LogP contribution in [0.5, 0.6) is 0 Å². The number of nitrogens with zero attached hydrogens (tertiary/aromatic N) is 2. The van der Waals surface area contributed by atoms with Crippen molar-refractivity contribution >= 4 is 39.3 Å². The van der Waals surface area contributed by atoms with Gasteiger partial charge in [0.25, 0.3) is 0 Å². The number of thiophene rings is 1. The minimum Gasteiger partial charge on any atom is -0.462 e. The van der Waals surface area contributed by atoms with Crippen molar-refractivity contribution in [1.29, 1.82) is 0 Å². The average molecular weight is 358 g/mol. The van der Waals surface area contributed by atoms with Gasteiger partial charge >= 0.3 is 5.97 Å². The van der Waals surface area contributed by atoms with Crippen LogP contribution < -0.4 is 0 Å². The number of ether oxygens (including phenoxy) is 1. The molecule has 0 unspecified atom stereocenters. The summed E-state index contributed by atoms with van der Waals surface area (Å²) in [5, 5.41) is 1.82. The minimum atomic E-state index is -0.224. The Morgan fingerprint density at radius 1 is 1.25 bits per heavy atom. The lowest BCUT2D eigenvalue weighted by molar-refractivity contribution is -0.144. The second-order valence-electron chi connectivity index (χ2n) is 5.60. The Balaban J connectivity index is 1.90. The zero-order valence-electron chi connectivity index (χ0n) is 13.8. The van der Waals surface area contributed by atoms with Gasteiger partial charge in [0, 0.05) is 10.3 Å². The van der Waals surface area contributed by atoms with Gasteiger partial charge in [-0.1, -0.05) is 42.1 Å². The first-order valence-electron chi connectivity index (χ1n) is 7.69. The molecule has 0 spiro atoms. The van der Waals surface area contributed by atoms with Gasteiger partial charge in [-0.3, -0.25) is 4.79 Å². The van der Waals surface area contributed by atoms with Gasteiger partial charge in [0.05, 0.1) is 11.9 Å². The first-order chi connectivity index (χ1) is 11.5. The molecule has 0 saturated carbocycles. The van der Waals surface area contributed by atoms with E-state index < -0.39 is 0 Å². The van der Waals surface area contributed by atoms with Gasteiger partial charge in [-0.2, -0.15) is 0 Å². The van der Waals surface area contributed by atoms with Crippen molar-refractivity contribution in [2.45, 2.75) is 31.9 Å². The minimum absolute atomic E-state index is 0.101. The van der Waals surface area contributed by atoms with E-state index >= 15 is 0 Å². The molecular formula is C18H18N2O2S2. The molecule has 1 aromatic carbocycles. The van der Waals surface area contributed by atoms with Crippen molar-refractivity contribution in [3.63, 3.8) is 0 Å². The number of carbonyl (C=O) groups excluding carboxylic acids is 1. The van der Waals surface area contributed by atoms with E-state index in [9.17, 15) is 4.79 Å². The lowest BCUT2D eigenvalue weighted by atomic mass is 10.2. The molecule has 0 saturated heterocycles. The van der Waals surface area contributed by atoms with E-state index in [1.54, 1.807) is 11.3 Å². The maximum atomic E-state index is 11.8. The maximum Gasteiger partial charge on any atom is 0.316 e. The SMILES string of the molecule is Cc1nc(SCC(=O)OC(C)C)c2cc(-c3ccccc3)sc2n1. The first kappa shape index (κ1) is 16.9. The van der Waals surface area contributed by atoms with E-state index in [0.29, 0.717) is 5.82 Å². The fourth-order valence-electron chi connectivity index (χ4n) is 2.28. The van der Waals surface area contributed by atoms with Gasteiger partial charge < -0.3 is 4.74 Å². The van der Waals surface area contributed by atoms with E-state index in [1.807, 2.05) is 39.0 Å². The Labute approximate surface area is 149 Å². The quantitative estimate of drug-likeness (QED) is 0.375. The molecule has 3 aromatic rings. The van der Waals surface area contributed by atoms with Crippen LogP contribution in [-0.2, 0) is 9.53 Å². The molecule has 124 valence electrons. The van der Waals surface area contributed by atoms with E-state index in [4.69, 9.17) is 4.74 Å². The molecule has 0 aliphatic rings. The van der Waals surface area contributed by atoms with Crippen LogP contribution in [0.15, 0.2) is 41.4 Å². The van der Waals surface area contributed by atoms with Crippen molar-refractivity contribution in [3.8, 4) is 10.4 Å². The highest BCUT2D eigenvalue weighted by molar-refractivity contribution is 8.00. The summed E-state index contributed by atoms with van der Waals surface area (Å²) < 4.78 is 5.19. The van der Waals surface area contributed by atoms with Crippen LogP contribution in [0.2, 0.25) is 0 Å². The third kappa shape index (κ3) is 3.94. The number of benzene rings is 1. The highest BCUT2D eigenvalue weighted by atomic mass is 32.2. The predicted octanol–water partition coefficient (Wildman–Crippen LogP) is 4.71. The zero-order valence-corrected chi connectivity index (χ0v) is 15.4.